The molecule has 4 heteroatoms. The monoisotopic (exact) mass is 240 g/mol. The van der Waals surface area contributed by atoms with Gasteiger partial charge < -0.3 is 10.1 Å². The Hall–Kier alpha value is -0.710. The Morgan fingerprint density at radius 1 is 1.38 bits per heavy atom. The van der Waals surface area contributed by atoms with Crippen molar-refractivity contribution in [2.45, 2.75) is 18.7 Å². The maximum absolute atomic E-state index is 5.26. The summed E-state index contributed by atoms with van der Waals surface area (Å²) in [5.41, 5.74) is 2.42. The summed E-state index contributed by atoms with van der Waals surface area (Å²) in [6.07, 6.45) is 0. The highest BCUT2D eigenvalue weighted by molar-refractivity contribution is 7.97. The van der Waals surface area contributed by atoms with E-state index in [1.807, 2.05) is 14.0 Å². The van der Waals surface area contributed by atoms with Crippen molar-refractivity contribution in [3.8, 4) is 0 Å². The van der Waals surface area contributed by atoms with Crippen LogP contribution in [0, 0.1) is 6.92 Å². The summed E-state index contributed by atoms with van der Waals surface area (Å²) in [7, 11) is 1.93. The van der Waals surface area contributed by atoms with Crippen LogP contribution in [0.4, 0.5) is 5.69 Å². The molecular formula is C12H20N2OS. The number of nitrogens with one attached hydrogen (secondary N) is 2. The van der Waals surface area contributed by atoms with Gasteiger partial charge in [0.1, 0.15) is 0 Å². The van der Waals surface area contributed by atoms with E-state index in [0.29, 0.717) is 0 Å². The predicted molar refractivity (Wildman–Crippen MR) is 71.1 cm³/mol. The summed E-state index contributed by atoms with van der Waals surface area (Å²) in [4.78, 5) is 1.25. The Balaban J connectivity index is 2.40. The molecule has 0 aliphatic carbocycles. The summed E-state index contributed by atoms with van der Waals surface area (Å²) < 4.78 is 8.55. The lowest BCUT2D eigenvalue weighted by atomic mass is 10.2. The van der Waals surface area contributed by atoms with Gasteiger partial charge in [0.05, 0.1) is 6.61 Å². The predicted octanol–water partition coefficient (Wildman–Crippen LogP) is 2.67. The van der Waals surface area contributed by atoms with E-state index in [9.17, 15) is 0 Å². The highest BCUT2D eigenvalue weighted by atomic mass is 32.2. The molecule has 0 spiro atoms. The molecule has 0 unspecified atom stereocenters. The molecule has 0 aliphatic heterocycles. The summed E-state index contributed by atoms with van der Waals surface area (Å²) in [5, 5.41) is 3.14. The van der Waals surface area contributed by atoms with E-state index >= 15 is 0 Å². The summed E-state index contributed by atoms with van der Waals surface area (Å²) in [5.74, 6) is 0. The number of anilines is 1. The quantitative estimate of drug-likeness (QED) is 0.567. The van der Waals surface area contributed by atoms with Crippen LogP contribution >= 0.6 is 11.9 Å². The number of ether oxygens (including phenoxy) is 1. The fourth-order valence-electron chi connectivity index (χ4n) is 1.25. The normalized spacial score (nSPS) is 10.4. The fraction of sp³-hybridized carbons (Fsp3) is 0.500. The third kappa shape index (κ3) is 4.43. The van der Waals surface area contributed by atoms with Gasteiger partial charge in [0, 0.05) is 30.8 Å². The summed E-state index contributed by atoms with van der Waals surface area (Å²) in [6, 6.07) is 6.35. The minimum atomic E-state index is 0.758. The second-order valence-corrected chi connectivity index (χ2v) is 4.36. The van der Waals surface area contributed by atoms with Crippen LogP contribution in [-0.4, -0.2) is 26.8 Å². The van der Waals surface area contributed by atoms with E-state index in [1.54, 1.807) is 11.9 Å². The molecule has 0 heterocycles. The van der Waals surface area contributed by atoms with E-state index in [0.717, 1.165) is 25.4 Å². The Morgan fingerprint density at radius 3 is 2.88 bits per heavy atom. The minimum absolute atomic E-state index is 0.758. The summed E-state index contributed by atoms with van der Waals surface area (Å²) >= 11 is 1.66. The Bertz CT molecular complexity index is 318. The summed E-state index contributed by atoms with van der Waals surface area (Å²) in [6.45, 7) is 6.52. The standard InChI is InChI=1S/C12H20N2OS/c1-4-15-8-7-14-16-12-9-11(13-3)6-5-10(12)2/h5-6,9,13-14H,4,7-8H2,1-3H3. The van der Waals surface area contributed by atoms with Crippen molar-refractivity contribution in [1.82, 2.24) is 4.72 Å². The average molecular weight is 240 g/mol. The molecule has 0 atom stereocenters. The lowest BCUT2D eigenvalue weighted by Crippen LogP contribution is -2.12. The van der Waals surface area contributed by atoms with Gasteiger partial charge in [-0.1, -0.05) is 6.07 Å². The number of rotatable bonds is 7. The maximum atomic E-state index is 5.26. The van der Waals surface area contributed by atoms with E-state index in [1.165, 1.54) is 10.5 Å². The van der Waals surface area contributed by atoms with Crippen molar-refractivity contribution in [2.75, 3.05) is 32.1 Å². The highest BCUT2D eigenvalue weighted by Gasteiger charge is 2.00. The SMILES string of the molecule is CCOCCNSc1cc(NC)ccc1C. The van der Waals surface area contributed by atoms with Crippen LogP contribution in [-0.2, 0) is 4.74 Å². The Labute approximate surface area is 102 Å². The zero-order valence-corrected chi connectivity index (χ0v) is 11.0. The molecule has 0 aliphatic rings. The molecule has 0 saturated heterocycles. The number of aryl methyl sites for hydroxylation is 1. The number of hydrogen-bond acceptors (Lipinski definition) is 4. The molecule has 0 saturated carbocycles. The van der Waals surface area contributed by atoms with Crippen molar-refractivity contribution in [2.24, 2.45) is 0 Å². The number of hydrogen-bond donors (Lipinski definition) is 2. The molecule has 0 amide bonds. The first-order chi connectivity index (χ1) is 7.77. The van der Waals surface area contributed by atoms with E-state index in [4.69, 9.17) is 4.74 Å². The van der Waals surface area contributed by atoms with Crippen LogP contribution < -0.4 is 10.0 Å². The Kier molecular flexibility index (Phi) is 6.30. The van der Waals surface area contributed by atoms with E-state index < -0.39 is 0 Å². The molecule has 1 rings (SSSR count). The third-order valence-electron chi connectivity index (χ3n) is 2.21. The first-order valence-corrected chi connectivity index (χ1v) is 6.35. The van der Waals surface area contributed by atoms with Crippen molar-refractivity contribution >= 4 is 17.6 Å². The largest absolute Gasteiger partial charge is 0.388 e. The van der Waals surface area contributed by atoms with E-state index in [2.05, 4.69) is 35.2 Å². The van der Waals surface area contributed by atoms with E-state index in [-0.39, 0.29) is 0 Å². The molecule has 3 nitrogen and oxygen atoms in total. The highest BCUT2D eigenvalue weighted by Crippen LogP contribution is 2.23. The van der Waals surface area contributed by atoms with Crippen LogP contribution in [0.3, 0.4) is 0 Å². The van der Waals surface area contributed by atoms with Crippen LogP contribution in [0.1, 0.15) is 12.5 Å². The molecule has 0 bridgehead atoms. The van der Waals surface area contributed by atoms with Crippen LogP contribution in [0.5, 0.6) is 0 Å². The minimum Gasteiger partial charge on any atom is -0.388 e. The lowest BCUT2D eigenvalue weighted by molar-refractivity contribution is 0.153. The molecule has 1 aromatic rings. The van der Waals surface area contributed by atoms with Gasteiger partial charge in [-0.25, -0.2) is 0 Å². The van der Waals surface area contributed by atoms with Crippen molar-refractivity contribution in [3.63, 3.8) is 0 Å². The maximum Gasteiger partial charge on any atom is 0.0600 e. The van der Waals surface area contributed by atoms with Crippen LogP contribution in [0.15, 0.2) is 23.1 Å². The molecule has 90 valence electrons. The van der Waals surface area contributed by atoms with Gasteiger partial charge in [-0.05, 0) is 43.5 Å². The zero-order chi connectivity index (χ0) is 11.8. The first-order valence-electron chi connectivity index (χ1n) is 5.53. The molecule has 0 fully saturated rings. The van der Waals surface area contributed by atoms with Crippen LogP contribution in [0.2, 0.25) is 0 Å². The van der Waals surface area contributed by atoms with Gasteiger partial charge in [-0.2, -0.15) is 0 Å². The third-order valence-corrected chi connectivity index (χ3v) is 3.22. The second-order valence-electron chi connectivity index (χ2n) is 3.42. The van der Waals surface area contributed by atoms with Gasteiger partial charge >= 0.3 is 0 Å². The second kappa shape index (κ2) is 7.54. The fourth-order valence-corrected chi connectivity index (χ4v) is 2.01. The van der Waals surface area contributed by atoms with Gasteiger partial charge in [0.2, 0.25) is 0 Å². The van der Waals surface area contributed by atoms with Crippen molar-refractivity contribution in [3.05, 3.63) is 23.8 Å². The molecule has 16 heavy (non-hydrogen) atoms. The smallest absolute Gasteiger partial charge is 0.0600 e. The van der Waals surface area contributed by atoms with Gasteiger partial charge in [0.15, 0.2) is 0 Å². The topological polar surface area (TPSA) is 33.3 Å². The molecule has 0 aromatic heterocycles. The first kappa shape index (κ1) is 13.4. The average Bonchev–Trinajstić information content (AvgIpc) is 2.31. The Morgan fingerprint density at radius 2 is 2.19 bits per heavy atom. The molecular weight excluding hydrogens is 220 g/mol. The number of benzene rings is 1. The molecule has 2 N–H and O–H groups in total. The zero-order valence-electron chi connectivity index (χ0n) is 10.2. The molecule has 1 aromatic carbocycles. The van der Waals surface area contributed by atoms with Crippen molar-refractivity contribution < 1.29 is 4.74 Å². The van der Waals surface area contributed by atoms with Gasteiger partial charge in [0.25, 0.3) is 0 Å². The van der Waals surface area contributed by atoms with Crippen LogP contribution in [0.25, 0.3) is 0 Å². The lowest BCUT2D eigenvalue weighted by Gasteiger charge is -2.09. The van der Waals surface area contributed by atoms with Gasteiger partial charge in [-0.3, -0.25) is 4.72 Å². The van der Waals surface area contributed by atoms with Gasteiger partial charge in [-0.15, -0.1) is 0 Å². The molecule has 0 radical (unpaired) electrons. The van der Waals surface area contributed by atoms with Crippen molar-refractivity contribution in [1.29, 1.82) is 0 Å².